The fourth-order valence-corrected chi connectivity index (χ4v) is 3.13. The third-order valence-electron chi connectivity index (χ3n) is 4.41. The van der Waals surface area contributed by atoms with E-state index in [0.29, 0.717) is 0 Å². The second kappa shape index (κ2) is 6.79. The fraction of sp³-hybridized carbons (Fsp3) is 0.250. The van der Waals surface area contributed by atoms with Crippen molar-refractivity contribution in [2.45, 2.75) is 19.3 Å². The van der Waals surface area contributed by atoms with Crippen molar-refractivity contribution in [3.8, 4) is 22.5 Å². The Morgan fingerprint density at radius 3 is 1.83 bits per heavy atom. The third kappa shape index (κ3) is 3.00. The van der Waals surface area contributed by atoms with E-state index in [1.165, 1.54) is 19.3 Å². The molecule has 0 amide bonds. The number of nitrogens with zero attached hydrogens (tertiary/aromatic N) is 4. The molecule has 1 saturated heterocycles. The van der Waals surface area contributed by atoms with Crippen LogP contribution in [0.1, 0.15) is 19.3 Å². The van der Waals surface area contributed by atoms with Gasteiger partial charge in [0.05, 0.1) is 0 Å². The summed E-state index contributed by atoms with van der Waals surface area (Å²) in [7, 11) is 0. The van der Waals surface area contributed by atoms with Crippen LogP contribution in [0, 0.1) is 0 Å². The summed E-state index contributed by atoms with van der Waals surface area (Å²) in [6.07, 6.45) is 3.69. The Morgan fingerprint density at radius 1 is 0.625 bits per heavy atom. The maximum atomic E-state index is 4.90. The molecule has 1 aliphatic rings. The summed E-state index contributed by atoms with van der Waals surface area (Å²) in [6.45, 7) is 2.03. The van der Waals surface area contributed by atoms with Gasteiger partial charge in [0.15, 0.2) is 0 Å². The first-order chi connectivity index (χ1) is 11.9. The van der Waals surface area contributed by atoms with Gasteiger partial charge in [0, 0.05) is 24.2 Å². The predicted octanol–water partition coefficient (Wildman–Crippen LogP) is 4.20. The van der Waals surface area contributed by atoms with Crippen LogP contribution < -0.4 is 4.90 Å². The highest BCUT2D eigenvalue weighted by Crippen LogP contribution is 2.29. The van der Waals surface area contributed by atoms with Crippen molar-refractivity contribution in [2.24, 2.45) is 0 Å². The van der Waals surface area contributed by atoms with Crippen molar-refractivity contribution in [3.05, 3.63) is 60.7 Å². The molecule has 1 fully saturated rings. The SMILES string of the molecule is c1ccc(-c2nnc(N3CCCCC3)nc2-c2ccccc2)cc1. The number of hydrogen-bond acceptors (Lipinski definition) is 4. The lowest BCUT2D eigenvalue weighted by Crippen LogP contribution is -2.31. The zero-order chi connectivity index (χ0) is 16.2. The van der Waals surface area contributed by atoms with E-state index in [1.807, 2.05) is 36.4 Å². The largest absolute Gasteiger partial charge is 0.340 e. The maximum absolute atomic E-state index is 4.90. The molecule has 0 saturated carbocycles. The Labute approximate surface area is 142 Å². The Kier molecular flexibility index (Phi) is 4.19. The molecular formula is C20H20N4. The quantitative estimate of drug-likeness (QED) is 0.726. The van der Waals surface area contributed by atoms with E-state index in [2.05, 4.69) is 39.4 Å². The van der Waals surface area contributed by atoms with Crippen LogP contribution in [0.25, 0.3) is 22.5 Å². The van der Waals surface area contributed by atoms with Crippen molar-refractivity contribution < 1.29 is 0 Å². The standard InChI is InChI=1S/C20H20N4/c1-4-10-16(11-5-1)18-19(17-12-6-2-7-13-17)22-23-20(21-18)24-14-8-3-9-15-24/h1-2,4-7,10-13H,3,8-9,14-15H2. The normalized spacial score (nSPS) is 14.6. The Bertz CT molecular complexity index is 796. The molecule has 0 atom stereocenters. The molecule has 4 heteroatoms. The fourth-order valence-electron chi connectivity index (χ4n) is 3.13. The summed E-state index contributed by atoms with van der Waals surface area (Å²) >= 11 is 0. The summed E-state index contributed by atoms with van der Waals surface area (Å²) in [5, 5.41) is 8.98. The Hall–Kier alpha value is -2.75. The average molecular weight is 316 g/mol. The first-order valence-electron chi connectivity index (χ1n) is 8.52. The van der Waals surface area contributed by atoms with Crippen LogP contribution in [0.3, 0.4) is 0 Å². The average Bonchev–Trinajstić information content (AvgIpc) is 2.69. The van der Waals surface area contributed by atoms with E-state index in [9.17, 15) is 0 Å². The van der Waals surface area contributed by atoms with Gasteiger partial charge in [-0.15, -0.1) is 10.2 Å². The smallest absolute Gasteiger partial charge is 0.245 e. The number of benzene rings is 2. The van der Waals surface area contributed by atoms with E-state index < -0.39 is 0 Å². The van der Waals surface area contributed by atoms with Crippen LogP contribution in [-0.4, -0.2) is 28.3 Å². The van der Waals surface area contributed by atoms with Gasteiger partial charge in [-0.2, -0.15) is 0 Å². The summed E-state index contributed by atoms with van der Waals surface area (Å²) in [4.78, 5) is 7.14. The molecule has 24 heavy (non-hydrogen) atoms. The first-order valence-corrected chi connectivity index (χ1v) is 8.52. The van der Waals surface area contributed by atoms with Gasteiger partial charge in [-0.25, -0.2) is 4.98 Å². The van der Waals surface area contributed by atoms with E-state index >= 15 is 0 Å². The molecule has 2 aromatic carbocycles. The molecule has 4 rings (SSSR count). The number of aromatic nitrogens is 3. The maximum Gasteiger partial charge on any atom is 0.245 e. The van der Waals surface area contributed by atoms with E-state index in [4.69, 9.17) is 4.98 Å². The zero-order valence-corrected chi connectivity index (χ0v) is 13.6. The monoisotopic (exact) mass is 316 g/mol. The molecule has 4 nitrogen and oxygen atoms in total. The summed E-state index contributed by atoms with van der Waals surface area (Å²) in [5.41, 5.74) is 3.85. The topological polar surface area (TPSA) is 41.9 Å². The lowest BCUT2D eigenvalue weighted by molar-refractivity contribution is 0.565. The third-order valence-corrected chi connectivity index (χ3v) is 4.41. The zero-order valence-electron chi connectivity index (χ0n) is 13.6. The van der Waals surface area contributed by atoms with Crippen LogP contribution >= 0.6 is 0 Å². The molecule has 0 radical (unpaired) electrons. The van der Waals surface area contributed by atoms with Crippen LogP contribution in [0.2, 0.25) is 0 Å². The highest BCUT2D eigenvalue weighted by atomic mass is 15.3. The number of rotatable bonds is 3. The summed E-state index contributed by atoms with van der Waals surface area (Å²) in [5.74, 6) is 0.744. The molecule has 0 bridgehead atoms. The van der Waals surface area contributed by atoms with Crippen molar-refractivity contribution >= 4 is 5.95 Å². The molecule has 1 aromatic heterocycles. The van der Waals surface area contributed by atoms with E-state index in [1.54, 1.807) is 0 Å². The molecule has 0 unspecified atom stereocenters. The number of hydrogen-bond donors (Lipinski definition) is 0. The van der Waals surface area contributed by atoms with Crippen LogP contribution in [0.15, 0.2) is 60.7 Å². The van der Waals surface area contributed by atoms with Crippen LogP contribution in [-0.2, 0) is 0 Å². The number of piperidine rings is 1. The van der Waals surface area contributed by atoms with E-state index in [-0.39, 0.29) is 0 Å². The lowest BCUT2D eigenvalue weighted by atomic mass is 10.0. The van der Waals surface area contributed by atoms with E-state index in [0.717, 1.165) is 41.6 Å². The minimum Gasteiger partial charge on any atom is -0.340 e. The van der Waals surface area contributed by atoms with Gasteiger partial charge < -0.3 is 4.90 Å². The summed E-state index contributed by atoms with van der Waals surface area (Å²) < 4.78 is 0. The second-order valence-corrected chi connectivity index (χ2v) is 6.09. The second-order valence-electron chi connectivity index (χ2n) is 6.09. The molecule has 120 valence electrons. The predicted molar refractivity (Wildman–Crippen MR) is 96.8 cm³/mol. The van der Waals surface area contributed by atoms with Gasteiger partial charge in [-0.3, -0.25) is 0 Å². The van der Waals surface area contributed by atoms with Crippen molar-refractivity contribution in [3.63, 3.8) is 0 Å². The van der Waals surface area contributed by atoms with Gasteiger partial charge in [0.25, 0.3) is 0 Å². The van der Waals surface area contributed by atoms with Gasteiger partial charge >= 0.3 is 0 Å². The molecule has 0 aliphatic carbocycles. The Morgan fingerprint density at radius 2 is 1.21 bits per heavy atom. The molecular weight excluding hydrogens is 296 g/mol. The van der Waals surface area contributed by atoms with Crippen LogP contribution in [0.4, 0.5) is 5.95 Å². The lowest BCUT2D eigenvalue weighted by Gasteiger charge is -2.26. The number of anilines is 1. The van der Waals surface area contributed by atoms with Gasteiger partial charge in [-0.05, 0) is 19.3 Å². The molecule has 0 N–H and O–H groups in total. The van der Waals surface area contributed by atoms with Crippen LogP contribution in [0.5, 0.6) is 0 Å². The highest BCUT2D eigenvalue weighted by Gasteiger charge is 2.18. The molecule has 2 heterocycles. The van der Waals surface area contributed by atoms with Gasteiger partial charge in [0.2, 0.25) is 5.95 Å². The molecule has 3 aromatic rings. The molecule has 1 aliphatic heterocycles. The summed E-state index contributed by atoms with van der Waals surface area (Å²) in [6, 6.07) is 20.4. The highest BCUT2D eigenvalue weighted by molar-refractivity contribution is 5.78. The van der Waals surface area contributed by atoms with Gasteiger partial charge in [-0.1, -0.05) is 60.7 Å². The van der Waals surface area contributed by atoms with Crippen molar-refractivity contribution in [1.29, 1.82) is 0 Å². The van der Waals surface area contributed by atoms with Gasteiger partial charge in [0.1, 0.15) is 11.4 Å². The molecule has 0 spiro atoms. The van der Waals surface area contributed by atoms with Crippen molar-refractivity contribution in [1.82, 2.24) is 15.2 Å². The van der Waals surface area contributed by atoms with Crippen molar-refractivity contribution in [2.75, 3.05) is 18.0 Å². The first kappa shape index (κ1) is 14.8. The minimum absolute atomic E-state index is 0.744. The Balaban J connectivity index is 1.82. The minimum atomic E-state index is 0.744.